The van der Waals surface area contributed by atoms with E-state index in [1.54, 1.807) is 36.4 Å². The number of hydrogen-bond acceptors (Lipinski definition) is 3. The molecular formula is C25H36N2O3S. The van der Waals surface area contributed by atoms with Gasteiger partial charge in [0.25, 0.3) is 10.0 Å². The van der Waals surface area contributed by atoms with Gasteiger partial charge in [0, 0.05) is 5.54 Å². The summed E-state index contributed by atoms with van der Waals surface area (Å²) in [5.74, 6) is -0.330. The molecule has 0 aliphatic heterocycles. The number of amides is 1. The topological polar surface area (TPSA) is 66.5 Å². The van der Waals surface area contributed by atoms with Crippen molar-refractivity contribution in [1.82, 2.24) is 5.32 Å². The number of carbonyl (C=O) groups excluding carboxylic acids is 1. The Kier molecular flexibility index (Phi) is 7.26. The molecule has 5 nitrogen and oxygen atoms in total. The Morgan fingerprint density at radius 1 is 0.871 bits per heavy atom. The Labute approximate surface area is 187 Å². The summed E-state index contributed by atoms with van der Waals surface area (Å²) in [5, 5.41) is 3.03. The third-order valence-corrected chi connectivity index (χ3v) is 6.63. The number of hydrogen-bond donors (Lipinski definition) is 1. The summed E-state index contributed by atoms with van der Waals surface area (Å²) in [4.78, 5) is 13.2. The summed E-state index contributed by atoms with van der Waals surface area (Å²) in [6, 6.07) is 12.3. The van der Waals surface area contributed by atoms with Crippen LogP contribution in [-0.4, -0.2) is 26.4 Å². The fraction of sp³-hybridized carbons (Fsp3) is 0.480. The quantitative estimate of drug-likeness (QED) is 0.643. The Morgan fingerprint density at radius 3 is 1.87 bits per heavy atom. The van der Waals surface area contributed by atoms with Crippen molar-refractivity contribution >= 4 is 21.6 Å². The lowest BCUT2D eigenvalue weighted by Gasteiger charge is -2.34. The Hall–Kier alpha value is -2.34. The molecule has 1 amide bonds. The van der Waals surface area contributed by atoms with Gasteiger partial charge in [0.05, 0.1) is 10.6 Å². The van der Waals surface area contributed by atoms with Gasteiger partial charge >= 0.3 is 0 Å². The van der Waals surface area contributed by atoms with E-state index >= 15 is 0 Å². The van der Waals surface area contributed by atoms with Gasteiger partial charge in [-0.15, -0.1) is 0 Å². The molecule has 0 atom stereocenters. The molecule has 0 bridgehead atoms. The van der Waals surface area contributed by atoms with Gasteiger partial charge in [-0.2, -0.15) is 0 Å². The van der Waals surface area contributed by atoms with Crippen LogP contribution in [0.3, 0.4) is 0 Å². The van der Waals surface area contributed by atoms with Crippen LogP contribution < -0.4 is 9.62 Å². The number of carbonyl (C=O) groups is 1. The minimum Gasteiger partial charge on any atom is -0.350 e. The summed E-state index contributed by atoms with van der Waals surface area (Å²) < 4.78 is 28.3. The fourth-order valence-corrected chi connectivity index (χ4v) is 5.57. The van der Waals surface area contributed by atoms with Crippen LogP contribution in [0, 0.1) is 26.2 Å². The molecular weight excluding hydrogens is 408 g/mol. The van der Waals surface area contributed by atoms with Gasteiger partial charge in [0.1, 0.15) is 6.54 Å². The monoisotopic (exact) mass is 444 g/mol. The lowest BCUT2D eigenvalue weighted by Crippen LogP contribution is -2.50. The van der Waals surface area contributed by atoms with Gasteiger partial charge in [-0.05, 0) is 81.8 Å². The second-order valence-corrected chi connectivity index (χ2v) is 12.2. The number of anilines is 1. The molecule has 2 aromatic carbocycles. The van der Waals surface area contributed by atoms with E-state index in [9.17, 15) is 13.2 Å². The average molecular weight is 445 g/mol. The number of sulfonamides is 1. The second-order valence-electron chi connectivity index (χ2n) is 10.3. The second kappa shape index (κ2) is 9.03. The molecule has 0 aromatic heterocycles. The standard InChI is InChI=1S/C25H36N2O3S/c1-18-9-11-22(12-10-18)31(29,30)27(21-14-19(2)13-20(3)15-21)16-23(28)26-25(7,8)17-24(4,5)6/h9-15H,16-17H2,1-8H3,(H,26,28). The maximum absolute atomic E-state index is 13.5. The highest BCUT2D eigenvalue weighted by molar-refractivity contribution is 7.92. The lowest BCUT2D eigenvalue weighted by atomic mass is 9.82. The molecule has 6 heteroatoms. The zero-order valence-electron chi connectivity index (χ0n) is 20.0. The smallest absolute Gasteiger partial charge is 0.264 e. The van der Waals surface area contributed by atoms with E-state index in [0.29, 0.717) is 5.69 Å². The van der Waals surface area contributed by atoms with Crippen LogP contribution in [0.4, 0.5) is 5.69 Å². The normalized spacial score (nSPS) is 12.5. The van der Waals surface area contributed by atoms with Crippen molar-refractivity contribution in [2.24, 2.45) is 5.41 Å². The van der Waals surface area contributed by atoms with Crippen LogP contribution in [0.5, 0.6) is 0 Å². The predicted octanol–water partition coefficient (Wildman–Crippen LogP) is 5.14. The zero-order valence-corrected chi connectivity index (χ0v) is 20.9. The number of nitrogens with one attached hydrogen (secondary N) is 1. The summed E-state index contributed by atoms with van der Waals surface area (Å²) in [6.45, 7) is 15.7. The summed E-state index contributed by atoms with van der Waals surface area (Å²) in [6.07, 6.45) is 0.764. The molecule has 0 unspecified atom stereocenters. The third-order valence-electron chi connectivity index (χ3n) is 4.84. The lowest BCUT2D eigenvalue weighted by molar-refractivity contribution is -0.121. The molecule has 0 aliphatic rings. The molecule has 31 heavy (non-hydrogen) atoms. The van der Waals surface area contributed by atoms with Crippen LogP contribution in [0.2, 0.25) is 0 Å². The van der Waals surface area contributed by atoms with Gasteiger partial charge in [-0.1, -0.05) is 44.5 Å². The molecule has 0 aliphatic carbocycles. The molecule has 0 saturated heterocycles. The number of aryl methyl sites for hydroxylation is 3. The van der Waals surface area contributed by atoms with Crippen LogP contribution >= 0.6 is 0 Å². The van der Waals surface area contributed by atoms with Crippen molar-refractivity contribution in [3.8, 4) is 0 Å². The molecule has 0 fully saturated rings. The molecule has 2 rings (SSSR count). The Balaban J connectivity index is 2.43. The van der Waals surface area contributed by atoms with E-state index in [0.717, 1.165) is 23.1 Å². The first-order valence-corrected chi connectivity index (χ1v) is 12.0. The third kappa shape index (κ3) is 7.10. The van der Waals surface area contributed by atoms with Crippen molar-refractivity contribution in [3.05, 3.63) is 59.2 Å². The maximum Gasteiger partial charge on any atom is 0.264 e. The van der Waals surface area contributed by atoms with Gasteiger partial charge in [0.15, 0.2) is 0 Å². The molecule has 0 heterocycles. The Morgan fingerprint density at radius 2 is 1.39 bits per heavy atom. The predicted molar refractivity (Wildman–Crippen MR) is 128 cm³/mol. The van der Waals surface area contributed by atoms with E-state index in [1.807, 2.05) is 40.7 Å². The van der Waals surface area contributed by atoms with Crippen molar-refractivity contribution in [2.45, 2.75) is 72.2 Å². The first kappa shape index (κ1) is 24.9. The zero-order chi connectivity index (χ0) is 23.6. The van der Waals surface area contributed by atoms with Crippen LogP contribution in [0.1, 0.15) is 57.7 Å². The molecule has 0 radical (unpaired) electrons. The maximum atomic E-state index is 13.5. The van der Waals surface area contributed by atoms with E-state index in [1.165, 1.54) is 4.31 Å². The van der Waals surface area contributed by atoms with E-state index in [-0.39, 0.29) is 22.8 Å². The van der Waals surface area contributed by atoms with E-state index in [2.05, 4.69) is 26.1 Å². The van der Waals surface area contributed by atoms with Crippen molar-refractivity contribution < 1.29 is 13.2 Å². The first-order valence-electron chi connectivity index (χ1n) is 10.6. The molecule has 0 spiro atoms. The van der Waals surface area contributed by atoms with Gasteiger partial charge in [-0.25, -0.2) is 8.42 Å². The van der Waals surface area contributed by atoms with Crippen LogP contribution in [-0.2, 0) is 14.8 Å². The highest BCUT2D eigenvalue weighted by Gasteiger charge is 2.31. The van der Waals surface area contributed by atoms with E-state index < -0.39 is 15.6 Å². The SMILES string of the molecule is Cc1ccc(S(=O)(=O)N(CC(=O)NC(C)(C)CC(C)(C)C)c2cc(C)cc(C)c2)cc1. The molecule has 1 N–H and O–H groups in total. The number of rotatable bonds is 7. The fourth-order valence-electron chi connectivity index (χ4n) is 4.16. The molecule has 2 aromatic rings. The van der Waals surface area contributed by atoms with Crippen LogP contribution in [0.25, 0.3) is 0 Å². The average Bonchev–Trinajstić information content (AvgIpc) is 2.56. The minimum atomic E-state index is -3.92. The highest BCUT2D eigenvalue weighted by atomic mass is 32.2. The van der Waals surface area contributed by atoms with Gasteiger partial charge < -0.3 is 5.32 Å². The number of benzene rings is 2. The Bertz CT molecular complexity index is 1010. The van der Waals surface area contributed by atoms with E-state index in [4.69, 9.17) is 0 Å². The summed E-state index contributed by atoms with van der Waals surface area (Å²) in [5.41, 5.74) is 2.90. The molecule has 0 saturated carbocycles. The highest BCUT2D eigenvalue weighted by Crippen LogP contribution is 2.28. The van der Waals surface area contributed by atoms with Crippen molar-refractivity contribution in [3.63, 3.8) is 0 Å². The largest absolute Gasteiger partial charge is 0.350 e. The van der Waals surface area contributed by atoms with Crippen molar-refractivity contribution in [1.29, 1.82) is 0 Å². The minimum absolute atomic E-state index is 0.0259. The van der Waals surface area contributed by atoms with Gasteiger partial charge in [-0.3, -0.25) is 9.10 Å². The summed E-state index contributed by atoms with van der Waals surface area (Å²) in [7, 11) is -3.92. The molecule has 170 valence electrons. The first-order chi connectivity index (χ1) is 14.1. The van der Waals surface area contributed by atoms with Crippen molar-refractivity contribution in [2.75, 3.05) is 10.8 Å². The van der Waals surface area contributed by atoms with Crippen LogP contribution in [0.15, 0.2) is 47.4 Å². The summed E-state index contributed by atoms with van der Waals surface area (Å²) >= 11 is 0. The van der Waals surface area contributed by atoms with Gasteiger partial charge in [0.2, 0.25) is 5.91 Å². The number of nitrogens with zero attached hydrogens (tertiary/aromatic N) is 1.